The number of fused-ring (bicyclic) bond motifs is 1. The summed E-state index contributed by atoms with van der Waals surface area (Å²) >= 11 is 0. The smallest absolute Gasteiger partial charge is 0.228 e. The van der Waals surface area contributed by atoms with E-state index < -0.39 is 0 Å². The van der Waals surface area contributed by atoms with E-state index in [2.05, 4.69) is 15.3 Å². The van der Waals surface area contributed by atoms with Crippen LogP contribution in [0, 0.1) is 0 Å². The Morgan fingerprint density at radius 2 is 1.88 bits per heavy atom. The van der Waals surface area contributed by atoms with Crippen LogP contribution in [-0.2, 0) is 22.6 Å². The van der Waals surface area contributed by atoms with Gasteiger partial charge in [0.15, 0.2) is 11.5 Å². The molecule has 0 saturated heterocycles. The Hall–Kier alpha value is -3.06. The average molecular weight is 355 g/mol. The van der Waals surface area contributed by atoms with Gasteiger partial charge in [-0.15, -0.1) is 0 Å². The quantitative estimate of drug-likeness (QED) is 0.681. The van der Waals surface area contributed by atoms with E-state index in [1.807, 2.05) is 24.3 Å². The van der Waals surface area contributed by atoms with Gasteiger partial charge in [0, 0.05) is 12.8 Å². The number of ether oxygens (including phenoxy) is 3. The molecular formula is C19H21N3O4. The number of amides is 1. The zero-order valence-electron chi connectivity index (χ0n) is 15.0. The van der Waals surface area contributed by atoms with E-state index in [1.54, 1.807) is 33.5 Å². The molecule has 0 aliphatic carbocycles. The number of hydrogen-bond acceptors (Lipinski definition) is 5. The summed E-state index contributed by atoms with van der Waals surface area (Å²) in [6.07, 6.45) is 0.232. The van der Waals surface area contributed by atoms with Gasteiger partial charge in [0.2, 0.25) is 5.91 Å². The van der Waals surface area contributed by atoms with E-state index in [0.29, 0.717) is 23.8 Å². The van der Waals surface area contributed by atoms with Crippen molar-refractivity contribution in [3.63, 3.8) is 0 Å². The summed E-state index contributed by atoms with van der Waals surface area (Å²) in [6.45, 7) is 0.412. The molecule has 0 radical (unpaired) electrons. The number of benzene rings is 2. The molecule has 7 heteroatoms. The molecule has 7 nitrogen and oxygen atoms in total. The Kier molecular flexibility index (Phi) is 5.38. The van der Waals surface area contributed by atoms with Crippen LogP contribution in [0.5, 0.6) is 11.5 Å². The number of rotatable bonds is 7. The molecule has 3 rings (SSSR count). The first-order chi connectivity index (χ1) is 12.6. The maximum atomic E-state index is 12.4. The molecule has 2 aromatic carbocycles. The minimum atomic E-state index is -0.117. The summed E-state index contributed by atoms with van der Waals surface area (Å²) < 4.78 is 15.5. The molecule has 2 N–H and O–H groups in total. The lowest BCUT2D eigenvalue weighted by Gasteiger charge is -2.10. The van der Waals surface area contributed by atoms with Gasteiger partial charge >= 0.3 is 0 Å². The molecule has 26 heavy (non-hydrogen) atoms. The third-order valence-corrected chi connectivity index (χ3v) is 3.91. The summed E-state index contributed by atoms with van der Waals surface area (Å²) in [5, 5.41) is 2.90. The molecule has 0 spiro atoms. The van der Waals surface area contributed by atoms with Crippen molar-refractivity contribution in [2.24, 2.45) is 0 Å². The van der Waals surface area contributed by atoms with Crippen LogP contribution in [0.1, 0.15) is 11.4 Å². The average Bonchev–Trinajstić information content (AvgIpc) is 3.03. The number of aromatic nitrogens is 2. The Morgan fingerprint density at radius 1 is 1.08 bits per heavy atom. The second-order valence-corrected chi connectivity index (χ2v) is 5.76. The number of anilines is 1. The maximum Gasteiger partial charge on any atom is 0.228 e. The highest BCUT2D eigenvalue weighted by Crippen LogP contribution is 2.27. The van der Waals surface area contributed by atoms with E-state index >= 15 is 0 Å². The van der Waals surface area contributed by atoms with Crippen LogP contribution in [-0.4, -0.2) is 37.2 Å². The van der Waals surface area contributed by atoms with E-state index in [4.69, 9.17) is 14.2 Å². The van der Waals surface area contributed by atoms with Gasteiger partial charge in [0.1, 0.15) is 12.4 Å². The van der Waals surface area contributed by atoms with Crippen molar-refractivity contribution in [2.75, 3.05) is 26.6 Å². The number of imidazole rings is 1. The van der Waals surface area contributed by atoms with Crippen molar-refractivity contribution >= 4 is 22.6 Å². The lowest BCUT2D eigenvalue weighted by molar-refractivity contribution is -0.115. The number of nitrogens with zero attached hydrogens (tertiary/aromatic N) is 1. The molecule has 0 atom stereocenters. The minimum Gasteiger partial charge on any atom is -0.493 e. The zero-order valence-corrected chi connectivity index (χ0v) is 15.0. The van der Waals surface area contributed by atoms with Crippen LogP contribution >= 0.6 is 0 Å². The fraction of sp³-hybridized carbons (Fsp3) is 0.263. The van der Waals surface area contributed by atoms with Crippen molar-refractivity contribution in [3.8, 4) is 11.5 Å². The largest absolute Gasteiger partial charge is 0.493 e. The summed E-state index contributed by atoms with van der Waals surface area (Å²) in [6, 6.07) is 11.0. The molecule has 0 aliphatic rings. The summed E-state index contributed by atoms with van der Waals surface area (Å²) in [5.74, 6) is 1.86. The molecule has 3 aromatic rings. The standard InChI is InChI=1S/C19H21N3O4/c1-24-11-18-21-14-6-5-13(10-15(14)22-18)20-19(23)9-12-4-7-16(25-2)17(8-12)26-3/h4-8,10H,9,11H2,1-3H3,(H,20,23)(H,21,22). The first-order valence-electron chi connectivity index (χ1n) is 8.11. The van der Waals surface area contributed by atoms with Crippen molar-refractivity contribution in [2.45, 2.75) is 13.0 Å². The van der Waals surface area contributed by atoms with E-state index in [9.17, 15) is 4.79 Å². The monoisotopic (exact) mass is 355 g/mol. The topological polar surface area (TPSA) is 85.5 Å². The molecule has 0 aliphatic heterocycles. The van der Waals surface area contributed by atoms with Crippen molar-refractivity contribution < 1.29 is 19.0 Å². The van der Waals surface area contributed by atoms with Gasteiger partial charge in [-0.1, -0.05) is 6.07 Å². The normalized spacial score (nSPS) is 10.7. The minimum absolute atomic E-state index is 0.117. The summed E-state index contributed by atoms with van der Waals surface area (Å²) in [5.41, 5.74) is 3.22. The highest BCUT2D eigenvalue weighted by molar-refractivity contribution is 5.94. The van der Waals surface area contributed by atoms with Gasteiger partial charge < -0.3 is 24.5 Å². The van der Waals surface area contributed by atoms with E-state index in [-0.39, 0.29) is 12.3 Å². The molecule has 0 fully saturated rings. The molecule has 0 unspecified atom stereocenters. The zero-order chi connectivity index (χ0) is 18.5. The van der Waals surface area contributed by atoms with Crippen LogP contribution in [0.2, 0.25) is 0 Å². The number of methoxy groups -OCH3 is 3. The number of aromatic amines is 1. The fourth-order valence-electron chi connectivity index (χ4n) is 2.73. The van der Waals surface area contributed by atoms with Crippen molar-refractivity contribution in [1.82, 2.24) is 9.97 Å². The number of nitrogens with one attached hydrogen (secondary N) is 2. The van der Waals surface area contributed by atoms with Gasteiger partial charge in [0.05, 0.1) is 31.7 Å². The SMILES string of the molecule is COCc1nc2ccc(NC(=O)Cc3ccc(OC)c(OC)c3)cc2[nH]1. The van der Waals surface area contributed by atoms with Crippen LogP contribution in [0.15, 0.2) is 36.4 Å². The fourth-order valence-corrected chi connectivity index (χ4v) is 2.73. The first kappa shape index (κ1) is 17.8. The molecule has 0 bridgehead atoms. The van der Waals surface area contributed by atoms with Gasteiger partial charge in [0.25, 0.3) is 0 Å². The van der Waals surface area contributed by atoms with Gasteiger partial charge in [-0.3, -0.25) is 4.79 Å². The predicted molar refractivity (Wildman–Crippen MR) is 98.7 cm³/mol. The highest BCUT2D eigenvalue weighted by atomic mass is 16.5. The van der Waals surface area contributed by atoms with Crippen molar-refractivity contribution in [1.29, 1.82) is 0 Å². The number of carbonyl (C=O) groups excluding carboxylic acids is 1. The molecule has 1 heterocycles. The first-order valence-corrected chi connectivity index (χ1v) is 8.11. The molecule has 1 aromatic heterocycles. The molecule has 1 amide bonds. The Morgan fingerprint density at radius 3 is 2.62 bits per heavy atom. The number of hydrogen-bond donors (Lipinski definition) is 2. The Balaban J connectivity index is 1.70. The maximum absolute atomic E-state index is 12.4. The van der Waals surface area contributed by atoms with E-state index in [0.717, 1.165) is 22.4 Å². The Bertz CT molecular complexity index is 920. The van der Waals surface area contributed by atoms with Crippen molar-refractivity contribution in [3.05, 3.63) is 47.8 Å². The lowest BCUT2D eigenvalue weighted by Crippen LogP contribution is -2.14. The van der Waals surface area contributed by atoms with Crippen LogP contribution in [0.3, 0.4) is 0 Å². The molecule has 0 saturated carbocycles. The summed E-state index contributed by atoms with van der Waals surface area (Å²) in [7, 11) is 4.76. The molecule has 136 valence electrons. The highest BCUT2D eigenvalue weighted by Gasteiger charge is 2.10. The van der Waals surface area contributed by atoms with Gasteiger partial charge in [-0.05, 0) is 35.9 Å². The van der Waals surface area contributed by atoms with Gasteiger partial charge in [-0.2, -0.15) is 0 Å². The van der Waals surface area contributed by atoms with Crippen LogP contribution < -0.4 is 14.8 Å². The Labute approximate surface area is 151 Å². The van der Waals surface area contributed by atoms with E-state index in [1.165, 1.54) is 0 Å². The third-order valence-electron chi connectivity index (χ3n) is 3.91. The number of carbonyl (C=O) groups is 1. The number of H-pyrrole nitrogens is 1. The second-order valence-electron chi connectivity index (χ2n) is 5.76. The summed E-state index contributed by atoms with van der Waals surface area (Å²) in [4.78, 5) is 19.9. The third kappa shape index (κ3) is 3.94. The second kappa shape index (κ2) is 7.88. The van der Waals surface area contributed by atoms with Crippen LogP contribution in [0.4, 0.5) is 5.69 Å². The van der Waals surface area contributed by atoms with Crippen LogP contribution in [0.25, 0.3) is 11.0 Å². The predicted octanol–water partition coefficient (Wildman–Crippen LogP) is 2.91. The molecular weight excluding hydrogens is 334 g/mol. The lowest BCUT2D eigenvalue weighted by atomic mass is 10.1. The van der Waals surface area contributed by atoms with Gasteiger partial charge in [-0.25, -0.2) is 4.98 Å².